The fourth-order valence-electron chi connectivity index (χ4n) is 2.46. The van der Waals surface area contributed by atoms with Gasteiger partial charge in [0.25, 0.3) is 5.56 Å². The second kappa shape index (κ2) is 7.36. The molecule has 1 aliphatic rings. The van der Waals surface area contributed by atoms with Gasteiger partial charge in [-0.1, -0.05) is 11.3 Å². The molecule has 0 spiro atoms. The average Bonchev–Trinajstić information content (AvgIpc) is 3.07. The number of carbonyl (C=O) groups is 1. The molecule has 0 radical (unpaired) electrons. The summed E-state index contributed by atoms with van der Waals surface area (Å²) in [6, 6.07) is 0. The number of halogens is 1. The van der Waals surface area contributed by atoms with Crippen molar-refractivity contribution >= 4 is 44.0 Å². The van der Waals surface area contributed by atoms with Gasteiger partial charge in [0.05, 0.1) is 18.4 Å². The molecule has 1 amide bonds. The molecule has 2 aromatic heterocycles. The molecule has 0 aromatic carbocycles. The van der Waals surface area contributed by atoms with Gasteiger partial charge in [-0.15, -0.1) is 10.2 Å². The number of hydrogen-bond donors (Lipinski definition) is 1. The van der Waals surface area contributed by atoms with E-state index in [1.54, 1.807) is 18.8 Å². The lowest BCUT2D eigenvalue weighted by Gasteiger charge is -2.35. The molecule has 2 aromatic rings. The van der Waals surface area contributed by atoms with E-state index in [1.165, 1.54) is 16.0 Å². The van der Waals surface area contributed by atoms with Gasteiger partial charge in [0.1, 0.15) is 9.98 Å². The summed E-state index contributed by atoms with van der Waals surface area (Å²) in [6.45, 7) is 3.21. The predicted octanol–water partition coefficient (Wildman–Crippen LogP) is 0.155. The van der Waals surface area contributed by atoms with Crippen molar-refractivity contribution < 1.29 is 4.79 Å². The van der Waals surface area contributed by atoms with E-state index in [-0.39, 0.29) is 11.5 Å². The number of nitrogens with zero attached hydrogens (tertiary/aromatic N) is 6. The lowest BCUT2D eigenvalue weighted by molar-refractivity contribution is -0.117. The normalized spacial score (nSPS) is 15.5. The third-order valence-corrected chi connectivity index (χ3v) is 5.10. The zero-order valence-corrected chi connectivity index (χ0v) is 15.4. The van der Waals surface area contributed by atoms with Crippen LogP contribution in [0.5, 0.6) is 0 Å². The largest absolute Gasteiger partial charge is 0.367 e. The molecule has 3 heterocycles. The van der Waals surface area contributed by atoms with Crippen LogP contribution in [-0.4, -0.2) is 63.5 Å². The molecule has 128 valence electrons. The van der Waals surface area contributed by atoms with Crippen LogP contribution in [0.3, 0.4) is 0 Å². The maximum Gasteiger partial charge on any atom is 0.282 e. The monoisotopic (exact) mass is 413 g/mol. The van der Waals surface area contributed by atoms with E-state index < -0.39 is 0 Å². The fraction of sp³-hybridized carbons (Fsp3) is 0.462. The number of aromatic nitrogens is 4. The van der Waals surface area contributed by atoms with Crippen LogP contribution in [0.2, 0.25) is 0 Å². The summed E-state index contributed by atoms with van der Waals surface area (Å²) in [5.74, 6) is -0.100. The first-order valence-electron chi connectivity index (χ1n) is 7.29. The van der Waals surface area contributed by atoms with E-state index in [0.717, 1.165) is 31.9 Å². The molecule has 0 saturated carbocycles. The molecule has 0 unspecified atom stereocenters. The van der Waals surface area contributed by atoms with Gasteiger partial charge in [0, 0.05) is 33.2 Å². The highest BCUT2D eigenvalue weighted by Crippen LogP contribution is 2.22. The number of anilines is 2. The van der Waals surface area contributed by atoms with Crippen LogP contribution in [0.1, 0.15) is 0 Å². The number of nitrogens with one attached hydrogen (secondary N) is 1. The van der Waals surface area contributed by atoms with Crippen molar-refractivity contribution in [3.8, 4) is 0 Å². The van der Waals surface area contributed by atoms with E-state index >= 15 is 0 Å². The minimum atomic E-state index is -0.161. The summed E-state index contributed by atoms with van der Waals surface area (Å²) >= 11 is 4.64. The van der Waals surface area contributed by atoms with Gasteiger partial charge >= 0.3 is 0 Å². The van der Waals surface area contributed by atoms with Gasteiger partial charge < -0.3 is 4.90 Å². The highest BCUT2D eigenvalue weighted by Gasteiger charge is 2.22. The van der Waals surface area contributed by atoms with Crippen LogP contribution in [0.15, 0.2) is 21.0 Å². The van der Waals surface area contributed by atoms with Crippen molar-refractivity contribution in [1.82, 2.24) is 24.9 Å². The Bertz CT molecular complexity index is 771. The summed E-state index contributed by atoms with van der Waals surface area (Å²) in [5, 5.41) is 14.8. The molecule has 0 atom stereocenters. The Balaban J connectivity index is 1.55. The number of piperazine rings is 1. The van der Waals surface area contributed by atoms with Crippen molar-refractivity contribution in [2.45, 2.75) is 0 Å². The number of aryl methyl sites for hydroxylation is 1. The average molecular weight is 414 g/mol. The van der Waals surface area contributed by atoms with Crippen molar-refractivity contribution in [1.29, 1.82) is 0 Å². The van der Waals surface area contributed by atoms with Gasteiger partial charge in [0.2, 0.25) is 11.0 Å². The molecule has 1 fully saturated rings. The SMILES string of the molecule is Cn1ncc(N2CCN(CC(=O)Nc3nncs3)CC2)c(Br)c1=O. The third kappa shape index (κ3) is 3.79. The van der Waals surface area contributed by atoms with Gasteiger partial charge in [0.15, 0.2) is 0 Å². The first kappa shape index (κ1) is 17.0. The summed E-state index contributed by atoms with van der Waals surface area (Å²) < 4.78 is 1.81. The molecule has 1 N–H and O–H groups in total. The van der Waals surface area contributed by atoms with Crippen LogP contribution in [0.25, 0.3) is 0 Å². The standard InChI is InChI=1S/C13H16BrN7O2S/c1-19-12(23)11(14)9(6-16-19)21-4-2-20(3-5-21)7-10(22)17-13-18-15-8-24-13/h6,8H,2-5,7H2,1H3,(H,17,18,22). The highest BCUT2D eigenvalue weighted by atomic mass is 79.9. The Morgan fingerprint density at radius 3 is 2.79 bits per heavy atom. The maximum absolute atomic E-state index is 12.0. The van der Waals surface area contributed by atoms with Crippen LogP contribution in [0, 0.1) is 0 Å². The van der Waals surface area contributed by atoms with Crippen molar-refractivity contribution in [2.75, 3.05) is 42.9 Å². The van der Waals surface area contributed by atoms with Crippen LogP contribution in [0.4, 0.5) is 10.8 Å². The van der Waals surface area contributed by atoms with E-state index in [9.17, 15) is 9.59 Å². The van der Waals surface area contributed by atoms with Crippen LogP contribution >= 0.6 is 27.3 Å². The zero-order chi connectivity index (χ0) is 17.1. The smallest absolute Gasteiger partial charge is 0.282 e. The number of hydrogen-bond acceptors (Lipinski definition) is 8. The number of carbonyl (C=O) groups excluding carboxylic acids is 1. The first-order chi connectivity index (χ1) is 11.5. The van der Waals surface area contributed by atoms with E-state index in [2.05, 4.69) is 46.3 Å². The van der Waals surface area contributed by atoms with Crippen LogP contribution < -0.4 is 15.8 Å². The second-order valence-corrected chi connectivity index (χ2v) is 6.95. The van der Waals surface area contributed by atoms with Gasteiger partial charge in [-0.2, -0.15) is 5.10 Å². The molecule has 1 saturated heterocycles. The molecule has 0 aliphatic carbocycles. The summed E-state index contributed by atoms with van der Waals surface area (Å²) in [7, 11) is 1.62. The Kier molecular flexibility index (Phi) is 5.21. The molecule has 9 nitrogen and oxygen atoms in total. The fourth-order valence-corrected chi connectivity index (χ4v) is 3.53. The quantitative estimate of drug-likeness (QED) is 0.761. The van der Waals surface area contributed by atoms with Gasteiger partial charge in [-0.3, -0.25) is 19.8 Å². The summed E-state index contributed by atoms with van der Waals surface area (Å²) in [5.41, 5.74) is 2.20. The minimum Gasteiger partial charge on any atom is -0.367 e. The first-order valence-corrected chi connectivity index (χ1v) is 8.97. The van der Waals surface area contributed by atoms with Crippen molar-refractivity contribution in [3.63, 3.8) is 0 Å². The zero-order valence-electron chi connectivity index (χ0n) is 13.0. The van der Waals surface area contributed by atoms with Gasteiger partial charge in [-0.05, 0) is 15.9 Å². The van der Waals surface area contributed by atoms with E-state index in [0.29, 0.717) is 16.1 Å². The molecule has 11 heteroatoms. The maximum atomic E-state index is 12.0. The summed E-state index contributed by atoms with van der Waals surface area (Å²) in [6.07, 6.45) is 1.68. The Hall–Kier alpha value is -1.85. The molecule has 3 rings (SSSR count). The number of rotatable bonds is 4. The minimum absolute atomic E-state index is 0.100. The molecule has 24 heavy (non-hydrogen) atoms. The third-order valence-electron chi connectivity index (χ3n) is 3.75. The lowest BCUT2D eigenvalue weighted by atomic mass is 10.3. The van der Waals surface area contributed by atoms with E-state index in [1.807, 2.05) is 0 Å². The van der Waals surface area contributed by atoms with Gasteiger partial charge in [-0.25, -0.2) is 4.68 Å². The Morgan fingerprint density at radius 1 is 1.38 bits per heavy atom. The van der Waals surface area contributed by atoms with Crippen molar-refractivity contribution in [2.24, 2.45) is 7.05 Å². The molecular weight excluding hydrogens is 398 g/mol. The Labute approximate surface area is 150 Å². The predicted molar refractivity (Wildman–Crippen MR) is 94.4 cm³/mol. The highest BCUT2D eigenvalue weighted by molar-refractivity contribution is 9.10. The second-order valence-electron chi connectivity index (χ2n) is 5.33. The topological polar surface area (TPSA) is 96.2 Å². The summed E-state index contributed by atoms with van der Waals surface area (Å²) in [4.78, 5) is 28.1. The van der Waals surface area contributed by atoms with Crippen LogP contribution in [-0.2, 0) is 11.8 Å². The Morgan fingerprint density at radius 2 is 2.12 bits per heavy atom. The lowest BCUT2D eigenvalue weighted by Crippen LogP contribution is -2.49. The number of amides is 1. The molecule has 1 aliphatic heterocycles. The van der Waals surface area contributed by atoms with E-state index in [4.69, 9.17) is 0 Å². The molecular formula is C13H16BrN7O2S. The van der Waals surface area contributed by atoms with Crippen molar-refractivity contribution in [3.05, 3.63) is 26.5 Å². The molecule has 0 bridgehead atoms.